The number of thioether (sulfide) groups is 1. The first-order chi connectivity index (χ1) is 10.5. The van der Waals surface area contributed by atoms with E-state index in [9.17, 15) is 19.5 Å². The molecular formula is C14H13NO6S. The third-order valence-corrected chi connectivity index (χ3v) is 3.83. The van der Waals surface area contributed by atoms with Crippen LogP contribution in [0.3, 0.4) is 0 Å². The van der Waals surface area contributed by atoms with Gasteiger partial charge in [-0.05, 0) is 23.9 Å². The molecule has 8 heteroatoms. The number of carbonyl (C=O) groups excluding carboxylic acids is 3. The number of esters is 1. The minimum Gasteiger partial charge on any atom is -0.504 e. The minimum absolute atomic E-state index is 0.109. The molecule has 0 atom stereocenters. The molecule has 0 aromatic heterocycles. The lowest BCUT2D eigenvalue weighted by molar-refractivity contribution is -0.143. The normalized spacial score (nSPS) is 16.3. The molecule has 0 unspecified atom stereocenters. The SMILES string of the molecule is COC(=O)CN1C(=O)SC(=Cc2cccc(OC)c2O)C1=O. The predicted octanol–water partition coefficient (Wildman–Crippen LogP) is 1.61. The molecule has 7 nitrogen and oxygen atoms in total. The van der Waals surface area contributed by atoms with Gasteiger partial charge in [-0.25, -0.2) is 0 Å². The van der Waals surface area contributed by atoms with Crippen molar-refractivity contribution < 1.29 is 29.0 Å². The molecule has 0 radical (unpaired) electrons. The number of hydrogen-bond donors (Lipinski definition) is 1. The van der Waals surface area contributed by atoms with Gasteiger partial charge in [0.05, 0.1) is 19.1 Å². The topological polar surface area (TPSA) is 93.1 Å². The van der Waals surface area contributed by atoms with Gasteiger partial charge in [-0.15, -0.1) is 0 Å². The number of ether oxygens (including phenoxy) is 2. The Kier molecular flexibility index (Phi) is 4.71. The van der Waals surface area contributed by atoms with Crippen molar-refractivity contribution in [1.29, 1.82) is 0 Å². The Bertz CT molecular complexity index is 669. The van der Waals surface area contributed by atoms with Crippen LogP contribution in [0.5, 0.6) is 11.5 Å². The van der Waals surface area contributed by atoms with Crippen LogP contribution >= 0.6 is 11.8 Å². The monoisotopic (exact) mass is 323 g/mol. The van der Waals surface area contributed by atoms with Gasteiger partial charge in [0.1, 0.15) is 6.54 Å². The molecule has 1 heterocycles. The van der Waals surface area contributed by atoms with Crippen molar-refractivity contribution in [2.24, 2.45) is 0 Å². The van der Waals surface area contributed by atoms with Gasteiger partial charge in [0.25, 0.3) is 11.1 Å². The van der Waals surface area contributed by atoms with Crippen molar-refractivity contribution in [3.05, 3.63) is 28.7 Å². The molecule has 1 fully saturated rings. The van der Waals surface area contributed by atoms with E-state index in [1.807, 2.05) is 0 Å². The molecule has 1 saturated heterocycles. The van der Waals surface area contributed by atoms with E-state index in [-0.39, 0.29) is 16.4 Å². The average Bonchev–Trinajstić information content (AvgIpc) is 2.76. The summed E-state index contributed by atoms with van der Waals surface area (Å²) in [5, 5.41) is 9.42. The van der Waals surface area contributed by atoms with Crippen LogP contribution in [0.1, 0.15) is 5.56 Å². The first-order valence-corrected chi connectivity index (χ1v) is 6.97. The van der Waals surface area contributed by atoms with E-state index in [4.69, 9.17) is 4.74 Å². The lowest BCUT2D eigenvalue weighted by Crippen LogP contribution is -2.34. The number of imide groups is 1. The fraction of sp³-hybridized carbons (Fsp3) is 0.214. The number of phenols is 1. The van der Waals surface area contributed by atoms with Crippen LogP contribution < -0.4 is 4.74 Å². The molecule has 116 valence electrons. The fourth-order valence-electron chi connectivity index (χ4n) is 1.79. The van der Waals surface area contributed by atoms with Crippen LogP contribution in [0.2, 0.25) is 0 Å². The Morgan fingerprint density at radius 3 is 2.73 bits per heavy atom. The highest BCUT2D eigenvalue weighted by Crippen LogP contribution is 2.36. The average molecular weight is 323 g/mol. The summed E-state index contributed by atoms with van der Waals surface area (Å²) in [5.74, 6) is -1.18. The van der Waals surface area contributed by atoms with Crippen LogP contribution in [0.15, 0.2) is 23.1 Å². The Balaban J connectivity index is 2.29. The van der Waals surface area contributed by atoms with Crippen molar-refractivity contribution in [2.75, 3.05) is 20.8 Å². The van der Waals surface area contributed by atoms with E-state index >= 15 is 0 Å². The summed E-state index contributed by atoms with van der Waals surface area (Å²) in [4.78, 5) is 36.0. The predicted molar refractivity (Wildman–Crippen MR) is 79.4 cm³/mol. The number of rotatable bonds is 4. The number of carbonyl (C=O) groups is 3. The molecule has 1 aromatic carbocycles. The Morgan fingerprint density at radius 1 is 1.36 bits per heavy atom. The summed E-state index contributed by atoms with van der Waals surface area (Å²) in [7, 11) is 2.58. The van der Waals surface area contributed by atoms with Crippen LogP contribution in [0.4, 0.5) is 4.79 Å². The molecule has 2 rings (SSSR count). The van der Waals surface area contributed by atoms with Crippen LogP contribution in [-0.4, -0.2) is 47.9 Å². The van der Waals surface area contributed by atoms with Gasteiger partial charge in [0.2, 0.25) is 0 Å². The number of aromatic hydroxyl groups is 1. The van der Waals surface area contributed by atoms with Crippen molar-refractivity contribution in [3.63, 3.8) is 0 Å². The number of amides is 2. The summed E-state index contributed by atoms with van der Waals surface area (Å²) in [6.07, 6.45) is 1.38. The van der Waals surface area contributed by atoms with Gasteiger partial charge in [0.15, 0.2) is 11.5 Å². The van der Waals surface area contributed by atoms with E-state index in [0.717, 1.165) is 4.90 Å². The zero-order valence-corrected chi connectivity index (χ0v) is 12.7. The quantitative estimate of drug-likeness (QED) is 0.664. The summed E-state index contributed by atoms with van der Waals surface area (Å²) in [5.41, 5.74) is 0.336. The van der Waals surface area contributed by atoms with E-state index in [0.29, 0.717) is 17.3 Å². The zero-order valence-electron chi connectivity index (χ0n) is 11.9. The van der Waals surface area contributed by atoms with Crippen LogP contribution in [-0.2, 0) is 14.3 Å². The van der Waals surface area contributed by atoms with Gasteiger partial charge in [0, 0.05) is 5.56 Å². The van der Waals surface area contributed by atoms with E-state index in [2.05, 4.69) is 4.74 Å². The van der Waals surface area contributed by atoms with Crippen molar-refractivity contribution >= 4 is 35.0 Å². The fourth-order valence-corrected chi connectivity index (χ4v) is 2.62. The number of para-hydroxylation sites is 1. The zero-order chi connectivity index (χ0) is 16.3. The Morgan fingerprint density at radius 2 is 2.09 bits per heavy atom. The first-order valence-electron chi connectivity index (χ1n) is 6.16. The Labute approximate surface area is 130 Å². The maximum absolute atomic E-state index is 12.1. The third kappa shape index (κ3) is 3.06. The van der Waals surface area contributed by atoms with E-state index in [1.54, 1.807) is 18.2 Å². The Hall–Kier alpha value is -2.48. The smallest absolute Gasteiger partial charge is 0.325 e. The number of phenolic OH excluding ortho intramolecular Hbond substituents is 1. The van der Waals surface area contributed by atoms with Crippen LogP contribution in [0, 0.1) is 0 Å². The molecule has 1 aliphatic rings. The van der Waals surface area contributed by atoms with Gasteiger partial charge in [-0.1, -0.05) is 12.1 Å². The van der Waals surface area contributed by atoms with Gasteiger partial charge < -0.3 is 14.6 Å². The lowest BCUT2D eigenvalue weighted by Gasteiger charge is -2.10. The largest absolute Gasteiger partial charge is 0.504 e. The summed E-state index contributed by atoms with van der Waals surface area (Å²) < 4.78 is 9.42. The van der Waals surface area contributed by atoms with Crippen molar-refractivity contribution in [1.82, 2.24) is 4.90 Å². The van der Waals surface area contributed by atoms with Crippen LogP contribution in [0.25, 0.3) is 6.08 Å². The molecule has 22 heavy (non-hydrogen) atoms. The highest BCUT2D eigenvalue weighted by atomic mass is 32.2. The lowest BCUT2D eigenvalue weighted by atomic mass is 10.1. The molecule has 1 N–H and O–H groups in total. The molecule has 1 aromatic rings. The molecule has 0 saturated carbocycles. The standard InChI is InChI=1S/C14H13NO6S/c1-20-9-5-3-4-8(12(9)17)6-10-13(18)15(14(19)22-10)7-11(16)21-2/h3-6,17H,7H2,1-2H3. The number of methoxy groups -OCH3 is 2. The van der Waals surface area contributed by atoms with Crippen molar-refractivity contribution in [3.8, 4) is 11.5 Å². The molecule has 0 aliphatic carbocycles. The summed E-state index contributed by atoms with van der Waals surface area (Å²) in [6, 6.07) is 4.78. The summed E-state index contributed by atoms with van der Waals surface area (Å²) >= 11 is 0.690. The van der Waals surface area contributed by atoms with Gasteiger partial charge in [-0.2, -0.15) is 0 Å². The maximum atomic E-state index is 12.1. The second-order valence-electron chi connectivity index (χ2n) is 4.24. The molecule has 1 aliphatic heterocycles. The first kappa shape index (κ1) is 15.9. The molecule has 0 spiro atoms. The number of hydrogen-bond acceptors (Lipinski definition) is 7. The van der Waals surface area contributed by atoms with E-state index < -0.39 is 23.7 Å². The molecule has 0 bridgehead atoms. The number of benzene rings is 1. The number of nitrogens with zero attached hydrogens (tertiary/aromatic N) is 1. The third-order valence-electron chi connectivity index (χ3n) is 2.93. The highest BCUT2D eigenvalue weighted by molar-refractivity contribution is 8.18. The van der Waals surface area contributed by atoms with Crippen molar-refractivity contribution in [2.45, 2.75) is 0 Å². The minimum atomic E-state index is -0.687. The van der Waals surface area contributed by atoms with Gasteiger partial charge in [-0.3, -0.25) is 19.3 Å². The molecule has 2 amide bonds. The molecular weight excluding hydrogens is 310 g/mol. The summed E-state index contributed by atoms with van der Waals surface area (Å²) in [6.45, 7) is -0.442. The van der Waals surface area contributed by atoms with Gasteiger partial charge >= 0.3 is 5.97 Å². The highest BCUT2D eigenvalue weighted by Gasteiger charge is 2.36. The second-order valence-corrected chi connectivity index (χ2v) is 5.24. The second kappa shape index (κ2) is 6.52. The maximum Gasteiger partial charge on any atom is 0.325 e. The van der Waals surface area contributed by atoms with E-state index in [1.165, 1.54) is 20.3 Å².